The largest absolute Gasteiger partial charge is 0.241 e. The molecular weight excluding hydrogens is 208 g/mol. The number of hydrogen-bond acceptors (Lipinski definition) is 1. The highest BCUT2D eigenvalue weighted by molar-refractivity contribution is 6.34. The van der Waals surface area contributed by atoms with Gasteiger partial charge in [-0.25, -0.2) is 13.8 Å². The molecule has 0 fully saturated rings. The van der Waals surface area contributed by atoms with Crippen LogP contribution >= 0.6 is 11.6 Å². The zero-order valence-corrected chi connectivity index (χ0v) is 8.07. The minimum absolute atomic E-state index is 0.0671. The number of benzene rings is 1. The monoisotopic (exact) mass is 213 g/mol. The summed E-state index contributed by atoms with van der Waals surface area (Å²) in [7, 11) is 0. The van der Waals surface area contributed by atoms with Gasteiger partial charge < -0.3 is 0 Å². The standard InChI is InChI=1S/C10H6ClF2N/c1-5-2-6-3-7(12)4-8(13)9(6)10(11)14-5/h2-4H,1H3. The Bertz CT molecular complexity index is 468. The van der Waals surface area contributed by atoms with Crippen LogP contribution in [0.4, 0.5) is 8.78 Å². The van der Waals surface area contributed by atoms with Crippen LogP contribution in [0.25, 0.3) is 10.8 Å². The summed E-state index contributed by atoms with van der Waals surface area (Å²) < 4.78 is 26.1. The smallest absolute Gasteiger partial charge is 0.140 e. The SMILES string of the molecule is Cc1cc2cc(F)cc(F)c2c(Cl)n1. The first-order chi connectivity index (χ1) is 6.58. The zero-order valence-electron chi connectivity index (χ0n) is 7.31. The molecule has 0 radical (unpaired) electrons. The van der Waals surface area contributed by atoms with Crippen LogP contribution in [0.3, 0.4) is 0 Å². The molecule has 1 aromatic heterocycles. The van der Waals surface area contributed by atoms with E-state index in [-0.39, 0.29) is 10.5 Å². The Hall–Kier alpha value is -1.22. The molecule has 2 aromatic rings. The average Bonchev–Trinajstić information content (AvgIpc) is 1.99. The van der Waals surface area contributed by atoms with Crippen molar-refractivity contribution < 1.29 is 8.78 Å². The lowest BCUT2D eigenvalue weighted by Gasteiger charge is -2.03. The number of hydrogen-bond donors (Lipinski definition) is 0. The summed E-state index contributed by atoms with van der Waals surface area (Å²) in [5, 5.41) is 0.663. The molecule has 1 nitrogen and oxygen atoms in total. The summed E-state index contributed by atoms with van der Waals surface area (Å²) in [6, 6.07) is 3.62. The van der Waals surface area contributed by atoms with Crippen molar-refractivity contribution >= 4 is 22.4 Å². The number of aromatic nitrogens is 1. The average molecular weight is 214 g/mol. The van der Waals surface area contributed by atoms with E-state index in [4.69, 9.17) is 11.6 Å². The van der Waals surface area contributed by atoms with Gasteiger partial charge in [-0.05, 0) is 24.4 Å². The van der Waals surface area contributed by atoms with E-state index in [0.717, 1.165) is 6.07 Å². The highest BCUT2D eigenvalue weighted by Gasteiger charge is 2.09. The van der Waals surface area contributed by atoms with Crippen LogP contribution in [0.15, 0.2) is 18.2 Å². The van der Waals surface area contributed by atoms with Crippen molar-refractivity contribution in [2.45, 2.75) is 6.92 Å². The second-order valence-corrected chi connectivity index (χ2v) is 3.40. The summed E-state index contributed by atoms with van der Waals surface area (Å²) >= 11 is 5.75. The van der Waals surface area contributed by atoms with Crippen molar-refractivity contribution in [1.29, 1.82) is 0 Å². The van der Waals surface area contributed by atoms with Crippen LogP contribution < -0.4 is 0 Å². The van der Waals surface area contributed by atoms with Gasteiger partial charge in [-0.2, -0.15) is 0 Å². The Morgan fingerprint density at radius 2 is 1.93 bits per heavy atom. The molecule has 0 bridgehead atoms. The topological polar surface area (TPSA) is 12.9 Å². The quantitative estimate of drug-likeness (QED) is 0.611. The van der Waals surface area contributed by atoms with E-state index in [9.17, 15) is 8.78 Å². The van der Waals surface area contributed by atoms with E-state index in [1.54, 1.807) is 13.0 Å². The van der Waals surface area contributed by atoms with Crippen LogP contribution in [0.2, 0.25) is 5.15 Å². The zero-order chi connectivity index (χ0) is 10.3. The Kier molecular flexibility index (Phi) is 2.11. The van der Waals surface area contributed by atoms with Gasteiger partial charge in [-0.15, -0.1) is 0 Å². The molecule has 0 N–H and O–H groups in total. The molecule has 0 aliphatic heterocycles. The maximum absolute atomic E-state index is 13.3. The molecule has 0 saturated heterocycles. The molecule has 72 valence electrons. The van der Waals surface area contributed by atoms with Gasteiger partial charge in [0.25, 0.3) is 0 Å². The Morgan fingerprint density at radius 1 is 1.21 bits per heavy atom. The van der Waals surface area contributed by atoms with Crippen LogP contribution in [0.1, 0.15) is 5.69 Å². The van der Waals surface area contributed by atoms with Crippen LogP contribution in [-0.4, -0.2) is 4.98 Å². The lowest BCUT2D eigenvalue weighted by Crippen LogP contribution is -1.89. The summed E-state index contributed by atoms with van der Waals surface area (Å²) in [6.45, 7) is 1.72. The molecule has 14 heavy (non-hydrogen) atoms. The normalized spacial score (nSPS) is 10.9. The maximum atomic E-state index is 13.3. The van der Waals surface area contributed by atoms with Crippen molar-refractivity contribution in [3.05, 3.63) is 40.7 Å². The first kappa shape index (κ1) is 9.34. The third-order valence-corrected chi connectivity index (χ3v) is 2.20. The summed E-state index contributed by atoms with van der Waals surface area (Å²) in [5.74, 6) is -1.30. The molecule has 0 aliphatic rings. The van der Waals surface area contributed by atoms with Crippen molar-refractivity contribution in [1.82, 2.24) is 4.98 Å². The van der Waals surface area contributed by atoms with Gasteiger partial charge in [-0.1, -0.05) is 11.6 Å². The maximum Gasteiger partial charge on any atom is 0.140 e. The molecule has 2 rings (SSSR count). The minimum atomic E-state index is -0.683. The van der Waals surface area contributed by atoms with E-state index < -0.39 is 11.6 Å². The highest BCUT2D eigenvalue weighted by Crippen LogP contribution is 2.26. The molecule has 0 amide bonds. The summed E-state index contributed by atoms with van der Waals surface area (Å²) in [4.78, 5) is 3.90. The summed E-state index contributed by atoms with van der Waals surface area (Å²) in [5.41, 5.74) is 0.632. The molecule has 1 heterocycles. The van der Waals surface area contributed by atoms with Gasteiger partial charge in [0.1, 0.15) is 16.8 Å². The lowest BCUT2D eigenvalue weighted by atomic mass is 10.1. The number of pyridine rings is 1. The second kappa shape index (κ2) is 3.17. The van der Waals surface area contributed by atoms with Gasteiger partial charge in [0.15, 0.2) is 0 Å². The van der Waals surface area contributed by atoms with E-state index in [0.29, 0.717) is 11.1 Å². The van der Waals surface area contributed by atoms with Gasteiger partial charge >= 0.3 is 0 Å². The second-order valence-electron chi connectivity index (χ2n) is 3.04. The number of nitrogens with zero attached hydrogens (tertiary/aromatic N) is 1. The van der Waals surface area contributed by atoms with Crippen LogP contribution in [0.5, 0.6) is 0 Å². The van der Waals surface area contributed by atoms with E-state index >= 15 is 0 Å². The van der Waals surface area contributed by atoms with Gasteiger partial charge in [-0.3, -0.25) is 0 Å². The molecule has 0 aliphatic carbocycles. The van der Waals surface area contributed by atoms with Crippen LogP contribution in [0, 0.1) is 18.6 Å². The molecule has 1 aromatic carbocycles. The predicted octanol–water partition coefficient (Wildman–Crippen LogP) is 3.47. The number of rotatable bonds is 0. The third-order valence-electron chi connectivity index (χ3n) is 1.93. The fourth-order valence-corrected chi connectivity index (χ4v) is 1.73. The fraction of sp³-hybridized carbons (Fsp3) is 0.100. The molecular formula is C10H6ClF2N. The van der Waals surface area contributed by atoms with Crippen molar-refractivity contribution in [3.63, 3.8) is 0 Å². The Labute approximate surface area is 84.3 Å². The van der Waals surface area contributed by atoms with E-state index in [1.807, 2.05) is 0 Å². The molecule has 0 atom stereocenters. The van der Waals surface area contributed by atoms with Crippen molar-refractivity contribution in [2.75, 3.05) is 0 Å². The van der Waals surface area contributed by atoms with Crippen molar-refractivity contribution in [2.24, 2.45) is 0 Å². The number of aryl methyl sites for hydroxylation is 1. The Balaban J connectivity index is 2.94. The predicted molar refractivity (Wildman–Crippen MR) is 51.4 cm³/mol. The van der Waals surface area contributed by atoms with E-state index in [1.165, 1.54) is 6.07 Å². The van der Waals surface area contributed by atoms with Gasteiger partial charge in [0.2, 0.25) is 0 Å². The minimum Gasteiger partial charge on any atom is -0.241 e. The highest BCUT2D eigenvalue weighted by atomic mass is 35.5. The lowest BCUT2D eigenvalue weighted by molar-refractivity contribution is 0.592. The van der Waals surface area contributed by atoms with Gasteiger partial charge in [0.05, 0.1) is 5.39 Å². The van der Waals surface area contributed by atoms with Crippen molar-refractivity contribution in [3.8, 4) is 0 Å². The molecule has 4 heteroatoms. The Morgan fingerprint density at radius 3 is 2.64 bits per heavy atom. The fourth-order valence-electron chi connectivity index (χ4n) is 1.39. The molecule has 0 saturated carbocycles. The first-order valence-electron chi connectivity index (χ1n) is 4.00. The molecule has 0 spiro atoms. The molecule has 0 unspecified atom stereocenters. The number of fused-ring (bicyclic) bond motifs is 1. The third kappa shape index (κ3) is 1.44. The number of halogens is 3. The first-order valence-corrected chi connectivity index (χ1v) is 4.37. The van der Waals surface area contributed by atoms with Crippen LogP contribution in [-0.2, 0) is 0 Å². The van der Waals surface area contributed by atoms with E-state index in [2.05, 4.69) is 4.98 Å². The summed E-state index contributed by atoms with van der Waals surface area (Å²) in [6.07, 6.45) is 0. The van der Waals surface area contributed by atoms with Gasteiger partial charge in [0, 0.05) is 11.8 Å².